The molecule has 0 atom stereocenters. The zero-order valence-corrected chi connectivity index (χ0v) is 7.20. The van der Waals surface area contributed by atoms with Crippen molar-refractivity contribution >= 4 is 17.3 Å². The molecule has 0 amide bonds. The van der Waals surface area contributed by atoms with Gasteiger partial charge in [0.2, 0.25) is 0 Å². The maximum absolute atomic E-state index is 5.96. The number of nitrogens with one attached hydrogen (secondary N) is 1. The molecule has 2 heteroatoms. The summed E-state index contributed by atoms with van der Waals surface area (Å²) in [6.07, 6.45) is 1.11. The Morgan fingerprint density at radius 1 is 1.45 bits per heavy atom. The van der Waals surface area contributed by atoms with Crippen molar-refractivity contribution in [3.05, 3.63) is 28.3 Å². The van der Waals surface area contributed by atoms with E-state index >= 15 is 0 Å². The van der Waals surface area contributed by atoms with Crippen LogP contribution < -0.4 is 5.32 Å². The van der Waals surface area contributed by atoms with Gasteiger partial charge in [-0.3, -0.25) is 0 Å². The molecule has 1 heterocycles. The molecule has 58 valence electrons. The van der Waals surface area contributed by atoms with Gasteiger partial charge in [0.25, 0.3) is 0 Å². The van der Waals surface area contributed by atoms with E-state index in [2.05, 4.69) is 18.3 Å². The SMILES string of the molecule is Cc1c(Cl)ccc2c1CCN2. The van der Waals surface area contributed by atoms with Crippen LogP contribution in [0.4, 0.5) is 5.69 Å². The molecule has 1 nitrogen and oxygen atoms in total. The van der Waals surface area contributed by atoms with E-state index in [0.29, 0.717) is 0 Å². The van der Waals surface area contributed by atoms with E-state index in [1.165, 1.54) is 16.8 Å². The Labute approximate surface area is 71.4 Å². The summed E-state index contributed by atoms with van der Waals surface area (Å²) in [5.41, 5.74) is 3.87. The van der Waals surface area contributed by atoms with Crippen molar-refractivity contribution in [2.75, 3.05) is 11.9 Å². The monoisotopic (exact) mass is 167 g/mol. The predicted molar refractivity (Wildman–Crippen MR) is 48.4 cm³/mol. The molecule has 0 radical (unpaired) electrons. The van der Waals surface area contributed by atoms with Gasteiger partial charge in [0.05, 0.1) is 0 Å². The molecule has 0 aromatic heterocycles. The second kappa shape index (κ2) is 2.42. The van der Waals surface area contributed by atoms with Gasteiger partial charge < -0.3 is 5.32 Å². The van der Waals surface area contributed by atoms with Gasteiger partial charge in [-0.1, -0.05) is 11.6 Å². The average Bonchev–Trinajstić information content (AvgIpc) is 2.45. The van der Waals surface area contributed by atoms with Crippen molar-refractivity contribution in [2.45, 2.75) is 13.3 Å². The Bertz CT molecular complexity index is 294. The van der Waals surface area contributed by atoms with Crippen LogP contribution in [0.3, 0.4) is 0 Å². The van der Waals surface area contributed by atoms with Crippen LogP contribution in [0.15, 0.2) is 12.1 Å². The molecule has 0 spiro atoms. The average molecular weight is 168 g/mol. The van der Waals surface area contributed by atoms with E-state index in [-0.39, 0.29) is 0 Å². The number of hydrogen-bond donors (Lipinski definition) is 1. The maximum Gasteiger partial charge on any atom is 0.0439 e. The van der Waals surface area contributed by atoms with E-state index in [9.17, 15) is 0 Å². The van der Waals surface area contributed by atoms with Gasteiger partial charge in [-0.05, 0) is 36.6 Å². The van der Waals surface area contributed by atoms with Gasteiger partial charge in [0.15, 0.2) is 0 Å². The molecule has 1 aliphatic heterocycles. The largest absolute Gasteiger partial charge is 0.384 e. The normalized spacial score (nSPS) is 14.4. The van der Waals surface area contributed by atoms with Crippen molar-refractivity contribution in [1.82, 2.24) is 0 Å². The lowest BCUT2D eigenvalue weighted by Gasteiger charge is -2.04. The summed E-state index contributed by atoms with van der Waals surface area (Å²) >= 11 is 5.96. The highest BCUT2D eigenvalue weighted by Crippen LogP contribution is 2.29. The number of halogens is 1. The Hall–Kier alpha value is -0.690. The lowest BCUT2D eigenvalue weighted by Crippen LogP contribution is -1.90. The fraction of sp³-hybridized carbons (Fsp3) is 0.333. The summed E-state index contributed by atoms with van der Waals surface area (Å²) in [6.45, 7) is 3.13. The molecule has 0 fully saturated rings. The van der Waals surface area contributed by atoms with Crippen molar-refractivity contribution in [3.63, 3.8) is 0 Å². The summed E-state index contributed by atoms with van der Waals surface area (Å²) in [6, 6.07) is 4.01. The molecule has 0 saturated carbocycles. The number of benzene rings is 1. The second-order valence-electron chi connectivity index (χ2n) is 2.88. The summed E-state index contributed by atoms with van der Waals surface area (Å²) in [5.74, 6) is 0. The molecule has 1 aliphatic rings. The van der Waals surface area contributed by atoms with Gasteiger partial charge in [-0.2, -0.15) is 0 Å². The fourth-order valence-corrected chi connectivity index (χ4v) is 1.72. The first-order valence-electron chi connectivity index (χ1n) is 3.81. The van der Waals surface area contributed by atoms with Crippen LogP contribution in [0.5, 0.6) is 0 Å². The van der Waals surface area contributed by atoms with E-state index < -0.39 is 0 Å². The zero-order chi connectivity index (χ0) is 7.84. The lowest BCUT2D eigenvalue weighted by molar-refractivity contribution is 1.09. The molecular formula is C9H10ClN. The van der Waals surface area contributed by atoms with Gasteiger partial charge in [-0.25, -0.2) is 0 Å². The quantitative estimate of drug-likeness (QED) is 0.627. The molecule has 11 heavy (non-hydrogen) atoms. The highest BCUT2D eigenvalue weighted by molar-refractivity contribution is 6.31. The van der Waals surface area contributed by atoms with Gasteiger partial charge in [-0.15, -0.1) is 0 Å². The topological polar surface area (TPSA) is 12.0 Å². The van der Waals surface area contributed by atoms with E-state index in [1.54, 1.807) is 0 Å². The number of hydrogen-bond acceptors (Lipinski definition) is 1. The Morgan fingerprint density at radius 3 is 3.09 bits per heavy atom. The van der Waals surface area contributed by atoms with Gasteiger partial charge in [0, 0.05) is 17.3 Å². The molecule has 1 aromatic carbocycles. The highest BCUT2D eigenvalue weighted by Gasteiger charge is 2.13. The minimum Gasteiger partial charge on any atom is -0.384 e. The maximum atomic E-state index is 5.96. The summed E-state index contributed by atoms with van der Waals surface area (Å²) < 4.78 is 0. The zero-order valence-electron chi connectivity index (χ0n) is 6.45. The van der Waals surface area contributed by atoms with Crippen LogP contribution in [-0.2, 0) is 6.42 Å². The van der Waals surface area contributed by atoms with Crippen molar-refractivity contribution in [3.8, 4) is 0 Å². The minimum absolute atomic E-state index is 0.882. The molecule has 0 aliphatic carbocycles. The van der Waals surface area contributed by atoms with Crippen LogP contribution in [0.25, 0.3) is 0 Å². The minimum atomic E-state index is 0.882. The van der Waals surface area contributed by atoms with E-state index in [1.807, 2.05) is 6.07 Å². The van der Waals surface area contributed by atoms with Gasteiger partial charge in [0.1, 0.15) is 0 Å². The molecule has 0 unspecified atom stereocenters. The molecular weight excluding hydrogens is 158 g/mol. The summed E-state index contributed by atoms with van der Waals surface area (Å²) in [7, 11) is 0. The third kappa shape index (κ3) is 1.000. The van der Waals surface area contributed by atoms with E-state index in [4.69, 9.17) is 11.6 Å². The van der Waals surface area contributed by atoms with Crippen LogP contribution in [-0.4, -0.2) is 6.54 Å². The van der Waals surface area contributed by atoms with Crippen molar-refractivity contribution < 1.29 is 0 Å². The van der Waals surface area contributed by atoms with Crippen molar-refractivity contribution in [2.24, 2.45) is 0 Å². The second-order valence-corrected chi connectivity index (χ2v) is 3.28. The van der Waals surface area contributed by atoms with Crippen molar-refractivity contribution in [1.29, 1.82) is 0 Å². The first-order chi connectivity index (χ1) is 5.29. The first-order valence-corrected chi connectivity index (χ1v) is 4.18. The Balaban J connectivity index is 2.62. The molecule has 1 N–H and O–H groups in total. The fourth-order valence-electron chi connectivity index (χ4n) is 1.54. The van der Waals surface area contributed by atoms with Crippen LogP contribution in [0.2, 0.25) is 5.02 Å². The lowest BCUT2D eigenvalue weighted by atomic mass is 10.1. The summed E-state index contributed by atoms with van der Waals surface area (Å²) in [4.78, 5) is 0. The molecule has 2 rings (SSSR count). The van der Waals surface area contributed by atoms with Crippen LogP contribution in [0, 0.1) is 6.92 Å². The Morgan fingerprint density at radius 2 is 2.27 bits per heavy atom. The van der Waals surface area contributed by atoms with Crippen LogP contribution >= 0.6 is 11.6 Å². The standard InChI is InChI=1S/C9H10ClN/c1-6-7-4-5-11-9(7)3-2-8(6)10/h2-3,11H,4-5H2,1H3. The smallest absolute Gasteiger partial charge is 0.0439 e. The number of anilines is 1. The first kappa shape index (κ1) is 6.99. The third-order valence-electron chi connectivity index (χ3n) is 2.22. The molecule has 1 aromatic rings. The molecule has 0 bridgehead atoms. The van der Waals surface area contributed by atoms with Gasteiger partial charge >= 0.3 is 0 Å². The highest BCUT2D eigenvalue weighted by atomic mass is 35.5. The number of fused-ring (bicyclic) bond motifs is 1. The number of rotatable bonds is 0. The predicted octanol–water partition coefficient (Wildman–Crippen LogP) is 2.62. The molecule has 0 saturated heterocycles. The Kier molecular flexibility index (Phi) is 1.53. The van der Waals surface area contributed by atoms with E-state index in [0.717, 1.165) is 18.0 Å². The summed E-state index contributed by atoms with van der Waals surface area (Å²) in [5, 5.41) is 4.19. The third-order valence-corrected chi connectivity index (χ3v) is 2.63. The van der Waals surface area contributed by atoms with Crippen LogP contribution in [0.1, 0.15) is 11.1 Å².